The van der Waals surface area contributed by atoms with Gasteiger partial charge in [-0.15, -0.1) is 0 Å². The molecule has 0 atom stereocenters. The van der Waals surface area contributed by atoms with E-state index in [0.717, 1.165) is 31.4 Å². The van der Waals surface area contributed by atoms with Crippen LogP contribution < -0.4 is 10.3 Å². The summed E-state index contributed by atoms with van der Waals surface area (Å²) >= 11 is 5.32. The molecule has 1 rings (SSSR count). The summed E-state index contributed by atoms with van der Waals surface area (Å²) in [7, 11) is 0. The second-order valence-electron chi connectivity index (χ2n) is 3.99. The van der Waals surface area contributed by atoms with Gasteiger partial charge in [-0.3, -0.25) is 9.63 Å². The Balaban J connectivity index is 2.00. The minimum absolute atomic E-state index is 0.0789. The van der Waals surface area contributed by atoms with Crippen LogP contribution >= 0.6 is 11.8 Å². The van der Waals surface area contributed by atoms with Crippen LogP contribution in [-0.4, -0.2) is 12.5 Å². The lowest BCUT2D eigenvalue weighted by atomic mass is 10.2. The van der Waals surface area contributed by atoms with E-state index in [1.54, 1.807) is 0 Å². The Morgan fingerprint density at radius 1 is 1.17 bits per heavy atom. The van der Waals surface area contributed by atoms with Crippen molar-refractivity contribution in [3.63, 3.8) is 0 Å². The molecule has 0 aliphatic carbocycles. The summed E-state index contributed by atoms with van der Waals surface area (Å²) in [6, 6.07) is 9.71. The molecule has 0 radical (unpaired) electrons. The van der Waals surface area contributed by atoms with Gasteiger partial charge in [0.1, 0.15) is 0 Å². The maximum Gasteiger partial charge on any atom is 0.243 e. The summed E-state index contributed by atoms with van der Waals surface area (Å²) in [5, 5.41) is 0. The number of nitrogens with one attached hydrogen (secondary N) is 2. The quantitative estimate of drug-likeness (QED) is 0.412. The van der Waals surface area contributed by atoms with E-state index in [1.807, 2.05) is 30.3 Å². The SMILES string of the molecule is O=C(CCCCCNCl)NOCc1ccccc1. The zero-order valence-electron chi connectivity index (χ0n) is 10.3. The Morgan fingerprint density at radius 3 is 2.67 bits per heavy atom. The number of hydrogen-bond acceptors (Lipinski definition) is 3. The van der Waals surface area contributed by atoms with Gasteiger partial charge in [-0.2, -0.15) is 0 Å². The summed E-state index contributed by atoms with van der Waals surface area (Å²) in [6.07, 6.45) is 3.28. The molecule has 4 nitrogen and oxygen atoms in total. The molecule has 0 saturated heterocycles. The number of hydroxylamine groups is 1. The van der Waals surface area contributed by atoms with E-state index >= 15 is 0 Å². The maximum atomic E-state index is 11.4. The van der Waals surface area contributed by atoms with Crippen LogP contribution in [0.1, 0.15) is 31.2 Å². The molecule has 1 aromatic carbocycles. The highest BCUT2D eigenvalue weighted by atomic mass is 35.5. The third-order valence-electron chi connectivity index (χ3n) is 2.44. The van der Waals surface area contributed by atoms with E-state index < -0.39 is 0 Å². The highest BCUT2D eigenvalue weighted by molar-refractivity contribution is 6.13. The molecule has 1 amide bonds. The molecule has 0 aromatic heterocycles. The third-order valence-corrected chi connectivity index (χ3v) is 2.63. The van der Waals surface area contributed by atoms with Crippen LogP contribution in [0.15, 0.2) is 30.3 Å². The van der Waals surface area contributed by atoms with Crippen LogP contribution in [0.5, 0.6) is 0 Å². The van der Waals surface area contributed by atoms with Gasteiger partial charge in [-0.25, -0.2) is 10.3 Å². The topological polar surface area (TPSA) is 50.4 Å². The van der Waals surface area contributed by atoms with Crippen LogP contribution in [0, 0.1) is 0 Å². The fourth-order valence-electron chi connectivity index (χ4n) is 1.48. The van der Waals surface area contributed by atoms with E-state index in [1.165, 1.54) is 0 Å². The lowest BCUT2D eigenvalue weighted by Gasteiger charge is -2.05. The molecule has 0 unspecified atom stereocenters. The molecular weight excluding hydrogens is 252 g/mol. The maximum absolute atomic E-state index is 11.4. The summed E-state index contributed by atoms with van der Waals surface area (Å²) in [5.41, 5.74) is 3.47. The van der Waals surface area contributed by atoms with Crippen LogP contribution in [0.25, 0.3) is 0 Å². The molecule has 0 heterocycles. The molecule has 5 heteroatoms. The summed E-state index contributed by atoms with van der Waals surface area (Å²) < 4.78 is 0. The minimum atomic E-state index is -0.0789. The van der Waals surface area contributed by atoms with E-state index in [2.05, 4.69) is 10.3 Å². The number of carbonyl (C=O) groups excluding carboxylic acids is 1. The van der Waals surface area contributed by atoms with Crippen molar-refractivity contribution >= 4 is 17.7 Å². The molecule has 1 aromatic rings. The molecule has 100 valence electrons. The van der Waals surface area contributed by atoms with Gasteiger partial charge in [0, 0.05) is 13.0 Å². The zero-order valence-corrected chi connectivity index (χ0v) is 11.1. The van der Waals surface area contributed by atoms with Gasteiger partial charge in [0.15, 0.2) is 0 Å². The molecule has 0 saturated carbocycles. The van der Waals surface area contributed by atoms with E-state index in [4.69, 9.17) is 16.6 Å². The average molecular weight is 271 g/mol. The Bertz CT molecular complexity index is 333. The Labute approximate surface area is 113 Å². The number of benzene rings is 1. The summed E-state index contributed by atoms with van der Waals surface area (Å²) in [4.78, 5) is 19.1. The molecule has 0 bridgehead atoms. The van der Waals surface area contributed by atoms with Gasteiger partial charge in [0.2, 0.25) is 5.91 Å². The number of halogens is 1. The fraction of sp³-hybridized carbons (Fsp3) is 0.462. The number of hydrogen-bond donors (Lipinski definition) is 2. The highest BCUT2D eigenvalue weighted by Crippen LogP contribution is 2.01. The molecule has 0 spiro atoms. The predicted octanol–water partition coefficient (Wildman–Crippen LogP) is 2.54. The first kappa shape index (κ1) is 15.0. The van der Waals surface area contributed by atoms with Gasteiger partial charge < -0.3 is 0 Å². The first-order valence-corrected chi connectivity index (χ1v) is 6.49. The second-order valence-corrected chi connectivity index (χ2v) is 4.26. The Morgan fingerprint density at radius 2 is 1.94 bits per heavy atom. The molecule has 0 aliphatic heterocycles. The van der Waals surface area contributed by atoms with Crippen molar-refractivity contribution in [2.45, 2.75) is 32.3 Å². The van der Waals surface area contributed by atoms with E-state index in [9.17, 15) is 4.79 Å². The van der Waals surface area contributed by atoms with Crippen molar-refractivity contribution in [2.24, 2.45) is 0 Å². The zero-order chi connectivity index (χ0) is 13.1. The smallest absolute Gasteiger partial charge is 0.243 e. The number of carbonyl (C=O) groups is 1. The number of unbranched alkanes of at least 4 members (excludes halogenated alkanes) is 2. The van der Waals surface area contributed by atoms with Crippen molar-refractivity contribution < 1.29 is 9.63 Å². The summed E-state index contributed by atoms with van der Waals surface area (Å²) in [5.74, 6) is -0.0789. The van der Waals surface area contributed by atoms with Crippen molar-refractivity contribution in [3.05, 3.63) is 35.9 Å². The van der Waals surface area contributed by atoms with Gasteiger partial charge in [-0.05, 0) is 30.2 Å². The van der Waals surface area contributed by atoms with Crippen molar-refractivity contribution in [1.82, 2.24) is 10.3 Å². The van der Waals surface area contributed by atoms with Crippen molar-refractivity contribution in [1.29, 1.82) is 0 Å². The van der Waals surface area contributed by atoms with Crippen LogP contribution in [0.2, 0.25) is 0 Å². The lowest BCUT2D eigenvalue weighted by molar-refractivity contribution is -0.134. The van der Waals surface area contributed by atoms with Crippen molar-refractivity contribution in [2.75, 3.05) is 6.54 Å². The average Bonchev–Trinajstić information content (AvgIpc) is 2.40. The molecule has 0 aliphatic rings. The van der Waals surface area contributed by atoms with Crippen LogP contribution in [0.3, 0.4) is 0 Å². The monoisotopic (exact) mass is 270 g/mol. The van der Waals surface area contributed by atoms with E-state index in [-0.39, 0.29) is 5.91 Å². The minimum Gasteiger partial charge on any atom is -0.273 e. The van der Waals surface area contributed by atoms with Crippen molar-refractivity contribution in [3.8, 4) is 0 Å². The van der Waals surface area contributed by atoms with Gasteiger partial charge in [0.05, 0.1) is 6.61 Å². The number of rotatable bonds is 9. The van der Waals surface area contributed by atoms with Crippen LogP contribution in [-0.2, 0) is 16.2 Å². The number of amides is 1. The normalized spacial score (nSPS) is 10.3. The third kappa shape index (κ3) is 7.27. The first-order chi connectivity index (χ1) is 8.83. The second kappa shape index (κ2) is 9.88. The first-order valence-electron chi connectivity index (χ1n) is 6.11. The van der Waals surface area contributed by atoms with Gasteiger partial charge in [0.25, 0.3) is 0 Å². The summed E-state index contributed by atoms with van der Waals surface area (Å²) in [6.45, 7) is 1.16. The van der Waals surface area contributed by atoms with E-state index in [0.29, 0.717) is 13.0 Å². The highest BCUT2D eigenvalue weighted by Gasteiger charge is 2.01. The Kier molecular flexibility index (Phi) is 8.21. The molecule has 2 N–H and O–H groups in total. The van der Waals surface area contributed by atoms with Crippen LogP contribution in [0.4, 0.5) is 0 Å². The van der Waals surface area contributed by atoms with Gasteiger partial charge >= 0.3 is 0 Å². The predicted molar refractivity (Wildman–Crippen MR) is 71.7 cm³/mol. The standard InChI is InChI=1S/C13H19ClN2O2/c14-15-10-6-2-5-9-13(17)16-18-11-12-7-3-1-4-8-12/h1,3-4,7-8,15H,2,5-6,9-11H2,(H,16,17). The molecular formula is C13H19ClN2O2. The molecule has 0 fully saturated rings. The largest absolute Gasteiger partial charge is 0.273 e. The Hall–Kier alpha value is -1.10. The lowest BCUT2D eigenvalue weighted by Crippen LogP contribution is -2.23. The molecule has 18 heavy (non-hydrogen) atoms. The van der Waals surface area contributed by atoms with Gasteiger partial charge in [-0.1, -0.05) is 36.8 Å². The fourth-order valence-corrected chi connectivity index (χ4v) is 1.61.